The van der Waals surface area contributed by atoms with Crippen molar-refractivity contribution in [2.24, 2.45) is 0 Å². The number of nitrogens with one attached hydrogen (secondary N) is 1. The Morgan fingerprint density at radius 3 is 2.53 bits per heavy atom. The summed E-state index contributed by atoms with van der Waals surface area (Å²) in [6.07, 6.45) is 3.44. The van der Waals surface area contributed by atoms with Gasteiger partial charge in [0.15, 0.2) is 0 Å². The lowest BCUT2D eigenvalue weighted by Crippen LogP contribution is -2.11. The molecule has 0 amide bonds. The van der Waals surface area contributed by atoms with Crippen molar-refractivity contribution in [3.8, 4) is 0 Å². The van der Waals surface area contributed by atoms with Crippen LogP contribution in [-0.2, 0) is 3.23 Å². The number of nitrogens with zero attached hydrogens (tertiary/aromatic N) is 1. The third-order valence-electron chi connectivity index (χ3n) is 2.05. The van der Waals surface area contributed by atoms with Gasteiger partial charge in [-0.25, -0.2) is 4.98 Å². The minimum absolute atomic E-state index is 0.434. The van der Waals surface area contributed by atoms with Gasteiger partial charge in [-0.1, -0.05) is 66.0 Å². The Kier molecular flexibility index (Phi) is 3.33. The van der Waals surface area contributed by atoms with E-state index in [0.29, 0.717) is 0 Å². The van der Waals surface area contributed by atoms with Crippen LogP contribution in [0.25, 0.3) is 0 Å². The second-order valence-corrected chi connectivity index (χ2v) is 7.32. The molecular formula is C10H7Br3N2. The van der Waals surface area contributed by atoms with Crippen LogP contribution in [0.5, 0.6) is 0 Å². The number of aromatic amines is 1. The standard InChI is InChI=1S/C10H7Br3N2/c11-8-4-2-1-3-7(8)10(12,13)9-5-14-6-15-9/h1-6H,(H,14,15). The monoisotopic (exact) mass is 392 g/mol. The molecule has 0 unspecified atom stereocenters. The summed E-state index contributed by atoms with van der Waals surface area (Å²) in [5, 5.41) is 0. The van der Waals surface area contributed by atoms with Crippen molar-refractivity contribution in [2.75, 3.05) is 0 Å². The zero-order valence-corrected chi connectivity index (χ0v) is 12.3. The van der Waals surface area contributed by atoms with Gasteiger partial charge in [0, 0.05) is 4.47 Å². The highest BCUT2D eigenvalue weighted by atomic mass is 79.9. The van der Waals surface area contributed by atoms with Gasteiger partial charge in [-0.2, -0.15) is 0 Å². The van der Waals surface area contributed by atoms with Crippen molar-refractivity contribution in [3.05, 3.63) is 52.5 Å². The van der Waals surface area contributed by atoms with Gasteiger partial charge in [0.2, 0.25) is 0 Å². The minimum Gasteiger partial charge on any atom is -0.346 e. The highest BCUT2D eigenvalue weighted by Gasteiger charge is 2.30. The van der Waals surface area contributed by atoms with Gasteiger partial charge >= 0.3 is 0 Å². The molecule has 78 valence electrons. The fourth-order valence-corrected chi connectivity index (χ4v) is 3.53. The molecule has 0 aliphatic heterocycles. The van der Waals surface area contributed by atoms with E-state index < -0.39 is 3.23 Å². The van der Waals surface area contributed by atoms with E-state index in [4.69, 9.17) is 0 Å². The number of halogens is 3. The lowest BCUT2D eigenvalue weighted by Gasteiger charge is -2.20. The van der Waals surface area contributed by atoms with Gasteiger partial charge in [0.05, 0.1) is 18.2 Å². The van der Waals surface area contributed by atoms with E-state index in [1.54, 1.807) is 12.5 Å². The molecule has 0 saturated carbocycles. The van der Waals surface area contributed by atoms with Crippen LogP contribution in [0.3, 0.4) is 0 Å². The first kappa shape index (κ1) is 11.4. The summed E-state index contributed by atoms with van der Waals surface area (Å²) >= 11 is 10.8. The van der Waals surface area contributed by atoms with Crippen LogP contribution in [0.1, 0.15) is 11.3 Å². The van der Waals surface area contributed by atoms with Gasteiger partial charge in [-0.05, 0) is 11.6 Å². The van der Waals surface area contributed by atoms with Gasteiger partial charge in [-0.15, -0.1) is 0 Å². The van der Waals surface area contributed by atoms with E-state index in [2.05, 4.69) is 57.8 Å². The molecular weight excluding hydrogens is 388 g/mol. The van der Waals surface area contributed by atoms with Crippen LogP contribution in [-0.4, -0.2) is 9.97 Å². The van der Waals surface area contributed by atoms with E-state index in [-0.39, 0.29) is 0 Å². The predicted octanol–water partition coefficient (Wildman–Crippen LogP) is 4.16. The molecule has 15 heavy (non-hydrogen) atoms. The maximum absolute atomic E-state index is 4.01. The van der Waals surface area contributed by atoms with Crippen LogP contribution in [0, 0.1) is 0 Å². The first-order chi connectivity index (χ1) is 7.12. The summed E-state index contributed by atoms with van der Waals surface area (Å²) in [6, 6.07) is 8.02. The zero-order chi connectivity index (χ0) is 10.9. The number of hydrogen-bond donors (Lipinski definition) is 1. The van der Waals surface area contributed by atoms with Gasteiger partial charge in [0.25, 0.3) is 0 Å². The fourth-order valence-electron chi connectivity index (χ4n) is 1.29. The molecule has 0 spiro atoms. The van der Waals surface area contributed by atoms with Gasteiger partial charge < -0.3 is 4.98 Å². The van der Waals surface area contributed by atoms with Crippen molar-refractivity contribution in [3.63, 3.8) is 0 Å². The third kappa shape index (κ3) is 2.19. The molecule has 0 bridgehead atoms. The summed E-state index contributed by atoms with van der Waals surface area (Å²) in [5.41, 5.74) is 2.05. The van der Waals surface area contributed by atoms with E-state index in [1.807, 2.05) is 24.3 Å². The lowest BCUT2D eigenvalue weighted by atomic mass is 10.1. The molecule has 0 saturated heterocycles. The highest BCUT2D eigenvalue weighted by Crippen LogP contribution is 2.46. The first-order valence-corrected chi connectivity index (χ1v) is 6.62. The van der Waals surface area contributed by atoms with Crippen LogP contribution in [0.4, 0.5) is 0 Å². The summed E-state index contributed by atoms with van der Waals surface area (Å²) in [5.74, 6) is 0. The fraction of sp³-hybridized carbons (Fsp3) is 0.100. The number of hydrogen-bond acceptors (Lipinski definition) is 1. The molecule has 2 rings (SSSR count). The van der Waals surface area contributed by atoms with Crippen molar-refractivity contribution in [1.82, 2.24) is 9.97 Å². The smallest absolute Gasteiger partial charge is 0.147 e. The van der Waals surface area contributed by atoms with E-state index in [1.165, 1.54) is 0 Å². The van der Waals surface area contributed by atoms with Crippen molar-refractivity contribution >= 4 is 47.8 Å². The second kappa shape index (κ2) is 4.39. The molecule has 1 aromatic heterocycles. The molecule has 2 aromatic rings. The summed E-state index contributed by atoms with van der Waals surface area (Å²) in [4.78, 5) is 7.09. The highest BCUT2D eigenvalue weighted by molar-refractivity contribution is 9.25. The Bertz CT molecular complexity index is 451. The van der Waals surface area contributed by atoms with Crippen molar-refractivity contribution in [1.29, 1.82) is 0 Å². The maximum atomic E-state index is 4.01. The third-order valence-corrected chi connectivity index (χ3v) is 4.45. The SMILES string of the molecule is Brc1ccccc1C(Br)(Br)c1cnc[nH]1. The molecule has 0 fully saturated rings. The van der Waals surface area contributed by atoms with Gasteiger partial charge in [-0.3, -0.25) is 0 Å². The second-order valence-electron chi connectivity index (χ2n) is 3.02. The Morgan fingerprint density at radius 1 is 1.20 bits per heavy atom. The Balaban J connectivity index is 2.51. The Morgan fingerprint density at radius 2 is 1.93 bits per heavy atom. The summed E-state index contributed by atoms with van der Waals surface area (Å²) < 4.78 is 0.602. The average molecular weight is 395 g/mol. The molecule has 1 heterocycles. The lowest BCUT2D eigenvalue weighted by molar-refractivity contribution is 1.04. The molecule has 0 aliphatic carbocycles. The normalized spacial score (nSPS) is 11.7. The quantitative estimate of drug-likeness (QED) is 0.761. The minimum atomic E-state index is -0.434. The molecule has 0 atom stereocenters. The molecule has 2 nitrogen and oxygen atoms in total. The number of benzene rings is 1. The van der Waals surface area contributed by atoms with Crippen molar-refractivity contribution in [2.45, 2.75) is 3.23 Å². The molecule has 1 N–H and O–H groups in total. The Hall–Kier alpha value is -0.130. The summed E-state index contributed by atoms with van der Waals surface area (Å²) in [7, 11) is 0. The number of aromatic nitrogens is 2. The van der Waals surface area contributed by atoms with Crippen LogP contribution in [0.2, 0.25) is 0 Å². The number of imidazole rings is 1. The largest absolute Gasteiger partial charge is 0.346 e. The van der Waals surface area contributed by atoms with E-state index in [0.717, 1.165) is 15.7 Å². The zero-order valence-electron chi connectivity index (χ0n) is 7.55. The number of alkyl halides is 2. The molecule has 1 aromatic carbocycles. The van der Waals surface area contributed by atoms with Crippen molar-refractivity contribution < 1.29 is 0 Å². The van der Waals surface area contributed by atoms with Gasteiger partial charge in [0.1, 0.15) is 3.23 Å². The average Bonchev–Trinajstić information content (AvgIpc) is 2.71. The number of H-pyrrole nitrogens is 1. The first-order valence-electron chi connectivity index (χ1n) is 4.24. The predicted molar refractivity (Wildman–Crippen MR) is 71.4 cm³/mol. The maximum Gasteiger partial charge on any atom is 0.147 e. The van der Waals surface area contributed by atoms with E-state index >= 15 is 0 Å². The topological polar surface area (TPSA) is 28.7 Å². The molecule has 0 aliphatic rings. The molecule has 0 radical (unpaired) electrons. The Labute approximate surface area is 113 Å². The van der Waals surface area contributed by atoms with E-state index in [9.17, 15) is 0 Å². The summed E-state index contributed by atoms with van der Waals surface area (Å²) in [6.45, 7) is 0. The molecule has 5 heteroatoms. The van der Waals surface area contributed by atoms with Crippen LogP contribution < -0.4 is 0 Å². The van der Waals surface area contributed by atoms with Crippen LogP contribution >= 0.6 is 47.8 Å². The number of rotatable bonds is 2. The van der Waals surface area contributed by atoms with Crippen LogP contribution in [0.15, 0.2) is 41.3 Å².